The lowest BCUT2D eigenvalue weighted by atomic mass is 9.80. The fraction of sp³-hybridized carbons (Fsp3) is 0.462. The molecule has 2 rings (SSSR count). The third-order valence-electron chi connectivity index (χ3n) is 2.93. The maximum absolute atomic E-state index is 11.9. The molecule has 0 N–H and O–H groups in total. The van der Waals surface area contributed by atoms with Gasteiger partial charge >= 0.3 is 0 Å². The molecule has 0 aliphatic heterocycles. The second-order valence-electron chi connectivity index (χ2n) is 3.95. The van der Waals surface area contributed by atoms with Crippen LogP contribution in [0.2, 0.25) is 0 Å². The molecule has 0 atom stereocenters. The first kappa shape index (κ1) is 10.7. The van der Waals surface area contributed by atoms with E-state index in [0.29, 0.717) is 11.7 Å². The average molecular weight is 220 g/mol. The Labute approximate surface area is 95.3 Å². The van der Waals surface area contributed by atoms with Gasteiger partial charge in [0.05, 0.1) is 0 Å². The molecule has 80 valence electrons. The van der Waals surface area contributed by atoms with Crippen molar-refractivity contribution in [3.05, 3.63) is 29.8 Å². The Balaban J connectivity index is 2.05. The van der Waals surface area contributed by atoms with Gasteiger partial charge in [-0.1, -0.05) is 25.5 Å². The van der Waals surface area contributed by atoms with Crippen LogP contribution in [0.15, 0.2) is 29.2 Å². The number of Topliss-reactive ketones (excluding diaryl/α,β-unsaturated/α-hetero) is 1. The Hall–Kier alpha value is -0.760. The molecule has 0 radical (unpaired) electrons. The molecule has 1 nitrogen and oxygen atoms in total. The summed E-state index contributed by atoms with van der Waals surface area (Å²) in [5, 5.41) is 0. The molecule has 1 aliphatic carbocycles. The summed E-state index contributed by atoms with van der Waals surface area (Å²) in [6.45, 7) is 2.14. The highest BCUT2D eigenvalue weighted by Gasteiger charge is 2.25. The number of benzene rings is 1. The summed E-state index contributed by atoms with van der Waals surface area (Å²) in [7, 11) is 0. The second-order valence-corrected chi connectivity index (χ2v) is 5.29. The molecule has 1 saturated carbocycles. The molecule has 0 spiro atoms. The first-order valence-corrected chi connectivity index (χ1v) is 6.57. The van der Waals surface area contributed by atoms with Crippen LogP contribution in [0.5, 0.6) is 0 Å². The molecule has 0 unspecified atom stereocenters. The number of rotatable bonds is 4. The van der Waals surface area contributed by atoms with E-state index in [1.165, 1.54) is 11.3 Å². The third-order valence-corrected chi connectivity index (χ3v) is 3.82. The van der Waals surface area contributed by atoms with Gasteiger partial charge in [0.25, 0.3) is 0 Å². The van der Waals surface area contributed by atoms with Gasteiger partial charge in [-0.15, -0.1) is 11.8 Å². The summed E-state index contributed by atoms with van der Waals surface area (Å²) in [6, 6.07) is 8.05. The Morgan fingerprint density at radius 1 is 1.33 bits per heavy atom. The first-order valence-electron chi connectivity index (χ1n) is 5.58. The number of hydrogen-bond acceptors (Lipinski definition) is 2. The van der Waals surface area contributed by atoms with E-state index in [1.54, 1.807) is 0 Å². The van der Waals surface area contributed by atoms with Gasteiger partial charge in [0.15, 0.2) is 5.78 Å². The number of thioether (sulfide) groups is 1. The second kappa shape index (κ2) is 4.84. The topological polar surface area (TPSA) is 17.1 Å². The summed E-state index contributed by atoms with van der Waals surface area (Å²) in [5.41, 5.74) is 0.889. The molecule has 0 bridgehead atoms. The lowest BCUT2D eigenvalue weighted by Crippen LogP contribution is -2.21. The Morgan fingerprint density at radius 2 is 2.00 bits per heavy atom. The summed E-state index contributed by atoms with van der Waals surface area (Å²) in [6.07, 6.45) is 3.40. The van der Waals surface area contributed by atoms with Crippen LogP contribution < -0.4 is 0 Å². The van der Waals surface area contributed by atoms with Crippen molar-refractivity contribution in [3.63, 3.8) is 0 Å². The number of hydrogen-bond donors (Lipinski definition) is 0. The minimum absolute atomic E-state index is 0.315. The van der Waals surface area contributed by atoms with Gasteiger partial charge in [-0.3, -0.25) is 4.79 Å². The van der Waals surface area contributed by atoms with Crippen molar-refractivity contribution in [1.29, 1.82) is 0 Å². The van der Waals surface area contributed by atoms with Crippen LogP contribution in [0.25, 0.3) is 0 Å². The lowest BCUT2D eigenvalue weighted by Gasteiger charge is -2.23. The maximum Gasteiger partial charge on any atom is 0.165 e. The average Bonchev–Trinajstić information content (AvgIpc) is 2.16. The molecule has 1 aliphatic rings. The zero-order valence-electron chi connectivity index (χ0n) is 9.03. The van der Waals surface area contributed by atoms with Gasteiger partial charge in [-0.05, 0) is 30.7 Å². The third kappa shape index (κ3) is 2.43. The largest absolute Gasteiger partial charge is 0.294 e. The molecule has 0 aromatic heterocycles. The minimum atomic E-state index is 0.315. The van der Waals surface area contributed by atoms with Gasteiger partial charge in [0.1, 0.15) is 0 Å². The molecular weight excluding hydrogens is 204 g/mol. The highest BCUT2D eigenvalue weighted by atomic mass is 32.2. The highest BCUT2D eigenvalue weighted by molar-refractivity contribution is 7.99. The van der Waals surface area contributed by atoms with E-state index in [-0.39, 0.29) is 0 Å². The number of carbonyl (C=O) groups is 1. The first-order chi connectivity index (χ1) is 7.31. The molecule has 1 aromatic rings. The minimum Gasteiger partial charge on any atom is -0.294 e. The molecule has 0 saturated heterocycles. The maximum atomic E-state index is 11.9. The predicted octanol–water partition coefficient (Wildman–Crippen LogP) is 3.78. The molecule has 2 heteroatoms. The van der Waals surface area contributed by atoms with Crippen LogP contribution >= 0.6 is 11.8 Å². The van der Waals surface area contributed by atoms with Crippen molar-refractivity contribution < 1.29 is 4.79 Å². The van der Waals surface area contributed by atoms with Crippen molar-refractivity contribution >= 4 is 17.5 Å². The van der Waals surface area contributed by atoms with E-state index in [1.807, 2.05) is 23.9 Å². The van der Waals surface area contributed by atoms with Crippen molar-refractivity contribution in [2.45, 2.75) is 31.1 Å². The van der Waals surface area contributed by atoms with Crippen molar-refractivity contribution in [2.75, 3.05) is 5.75 Å². The summed E-state index contributed by atoms with van der Waals surface area (Å²) < 4.78 is 0. The van der Waals surface area contributed by atoms with E-state index in [9.17, 15) is 4.79 Å². The van der Waals surface area contributed by atoms with Gasteiger partial charge in [0, 0.05) is 16.4 Å². The summed E-state index contributed by atoms with van der Waals surface area (Å²) in [5.74, 6) is 1.74. The van der Waals surface area contributed by atoms with Crippen LogP contribution in [-0.4, -0.2) is 11.5 Å². The Kier molecular flexibility index (Phi) is 3.47. The number of carbonyl (C=O) groups excluding carboxylic acids is 1. The molecule has 1 aromatic carbocycles. The molecule has 1 fully saturated rings. The SMILES string of the molecule is CCSc1ccc(C(=O)C2CCC2)cc1. The van der Waals surface area contributed by atoms with Crippen molar-refractivity contribution in [3.8, 4) is 0 Å². The summed E-state index contributed by atoms with van der Waals surface area (Å²) >= 11 is 1.81. The molecule has 0 amide bonds. The van der Waals surface area contributed by atoms with E-state index >= 15 is 0 Å². The van der Waals surface area contributed by atoms with Crippen LogP contribution in [-0.2, 0) is 0 Å². The van der Waals surface area contributed by atoms with Gasteiger partial charge in [-0.2, -0.15) is 0 Å². The highest BCUT2D eigenvalue weighted by Crippen LogP contribution is 2.30. The fourth-order valence-corrected chi connectivity index (χ4v) is 2.45. The lowest BCUT2D eigenvalue weighted by molar-refractivity contribution is 0.0855. The Morgan fingerprint density at radius 3 is 2.47 bits per heavy atom. The monoisotopic (exact) mass is 220 g/mol. The van der Waals surface area contributed by atoms with E-state index in [4.69, 9.17) is 0 Å². The molecule has 0 heterocycles. The molecular formula is C13H16OS. The van der Waals surface area contributed by atoms with Crippen LogP contribution in [0.3, 0.4) is 0 Å². The number of ketones is 1. The van der Waals surface area contributed by atoms with Gasteiger partial charge in [-0.25, -0.2) is 0 Å². The van der Waals surface area contributed by atoms with Crippen LogP contribution in [0.4, 0.5) is 0 Å². The van der Waals surface area contributed by atoms with E-state index in [2.05, 4.69) is 19.1 Å². The van der Waals surface area contributed by atoms with E-state index < -0.39 is 0 Å². The fourth-order valence-electron chi connectivity index (χ4n) is 1.79. The van der Waals surface area contributed by atoms with Crippen molar-refractivity contribution in [2.24, 2.45) is 5.92 Å². The van der Waals surface area contributed by atoms with Gasteiger partial charge in [0.2, 0.25) is 0 Å². The molecule has 15 heavy (non-hydrogen) atoms. The van der Waals surface area contributed by atoms with Crippen LogP contribution in [0, 0.1) is 5.92 Å². The van der Waals surface area contributed by atoms with E-state index in [0.717, 1.165) is 24.2 Å². The Bertz CT molecular complexity index is 338. The smallest absolute Gasteiger partial charge is 0.165 e. The summed E-state index contributed by atoms with van der Waals surface area (Å²) in [4.78, 5) is 13.1. The van der Waals surface area contributed by atoms with Gasteiger partial charge < -0.3 is 0 Å². The predicted molar refractivity (Wildman–Crippen MR) is 64.5 cm³/mol. The zero-order chi connectivity index (χ0) is 10.7. The van der Waals surface area contributed by atoms with Crippen LogP contribution in [0.1, 0.15) is 36.5 Å². The quantitative estimate of drug-likeness (QED) is 0.567. The normalized spacial score (nSPS) is 16.1. The zero-order valence-corrected chi connectivity index (χ0v) is 9.85. The van der Waals surface area contributed by atoms with Crippen molar-refractivity contribution in [1.82, 2.24) is 0 Å². The standard InChI is InChI=1S/C13H16OS/c1-2-15-12-8-6-11(7-9-12)13(14)10-4-3-5-10/h6-10H,2-5H2,1H3.